The lowest BCUT2D eigenvalue weighted by atomic mass is 10.2. The van der Waals surface area contributed by atoms with Crippen molar-refractivity contribution < 1.29 is 19.5 Å². The summed E-state index contributed by atoms with van der Waals surface area (Å²) < 4.78 is 0. The zero-order valence-corrected chi connectivity index (χ0v) is 12.4. The summed E-state index contributed by atoms with van der Waals surface area (Å²) in [6.07, 6.45) is 4.45. The van der Waals surface area contributed by atoms with Crippen molar-refractivity contribution in [3.05, 3.63) is 0 Å². The van der Waals surface area contributed by atoms with Gasteiger partial charge in [0.25, 0.3) is 0 Å². The Morgan fingerprint density at radius 2 is 1.71 bits per heavy atom. The van der Waals surface area contributed by atoms with Gasteiger partial charge in [0.15, 0.2) is 0 Å². The van der Waals surface area contributed by atoms with Gasteiger partial charge in [0.2, 0.25) is 5.91 Å². The van der Waals surface area contributed by atoms with Crippen molar-refractivity contribution in [2.24, 2.45) is 0 Å². The molecule has 0 bridgehead atoms. The molecule has 1 fully saturated rings. The minimum Gasteiger partial charge on any atom is -0.396 e. The number of rotatable bonds is 9. The lowest BCUT2D eigenvalue weighted by molar-refractivity contribution is -0.139. The van der Waals surface area contributed by atoms with Crippen molar-refractivity contribution in [3.8, 4) is 0 Å². The van der Waals surface area contributed by atoms with E-state index < -0.39 is 11.8 Å². The molecule has 0 unspecified atom stereocenters. The second-order valence-electron chi connectivity index (χ2n) is 5.13. The molecule has 1 saturated heterocycles. The Balaban J connectivity index is 2.01. The molecule has 0 saturated carbocycles. The Hall–Kier alpha value is -1.63. The van der Waals surface area contributed by atoms with Gasteiger partial charge in [-0.05, 0) is 32.1 Å². The average molecular weight is 299 g/mol. The molecule has 1 rings (SSSR count). The number of amides is 3. The second kappa shape index (κ2) is 10.1. The van der Waals surface area contributed by atoms with Crippen LogP contribution in [0.25, 0.3) is 0 Å². The minimum atomic E-state index is -0.634. The Morgan fingerprint density at radius 3 is 2.29 bits per heavy atom. The summed E-state index contributed by atoms with van der Waals surface area (Å²) in [6.45, 7) is 2.39. The van der Waals surface area contributed by atoms with Gasteiger partial charge in [-0.3, -0.25) is 14.4 Å². The highest BCUT2D eigenvalue weighted by molar-refractivity contribution is 6.35. The molecule has 3 amide bonds. The Bertz CT molecular complexity index is 360. The third-order valence-electron chi connectivity index (χ3n) is 3.39. The fourth-order valence-electron chi connectivity index (χ4n) is 2.19. The van der Waals surface area contributed by atoms with Gasteiger partial charge in [0.05, 0.1) is 0 Å². The molecular formula is C14H25N3O4. The number of unbranched alkanes of at least 4 members (excludes halogenated alkanes) is 2. The minimum absolute atomic E-state index is 0.147. The number of hydrogen-bond donors (Lipinski definition) is 3. The molecule has 1 heterocycles. The molecule has 1 aliphatic heterocycles. The number of carbonyl (C=O) groups is 3. The summed E-state index contributed by atoms with van der Waals surface area (Å²) in [5, 5.41) is 13.7. The molecule has 21 heavy (non-hydrogen) atoms. The first-order valence-electron chi connectivity index (χ1n) is 7.60. The van der Waals surface area contributed by atoms with E-state index in [2.05, 4.69) is 10.6 Å². The number of aliphatic hydroxyl groups excluding tert-OH is 1. The molecule has 120 valence electrons. The number of carbonyl (C=O) groups excluding carboxylic acids is 3. The molecule has 7 nitrogen and oxygen atoms in total. The molecule has 3 N–H and O–H groups in total. The van der Waals surface area contributed by atoms with Crippen LogP contribution in [0.15, 0.2) is 0 Å². The van der Waals surface area contributed by atoms with Gasteiger partial charge in [-0.2, -0.15) is 0 Å². The van der Waals surface area contributed by atoms with Crippen LogP contribution in [0, 0.1) is 0 Å². The maximum Gasteiger partial charge on any atom is 0.309 e. The zero-order chi connectivity index (χ0) is 15.5. The largest absolute Gasteiger partial charge is 0.396 e. The summed E-state index contributed by atoms with van der Waals surface area (Å²) >= 11 is 0. The molecule has 0 aliphatic carbocycles. The van der Waals surface area contributed by atoms with Crippen molar-refractivity contribution >= 4 is 17.7 Å². The first-order valence-corrected chi connectivity index (χ1v) is 7.60. The van der Waals surface area contributed by atoms with Crippen molar-refractivity contribution in [2.45, 2.75) is 38.5 Å². The number of aliphatic hydroxyl groups is 1. The molecule has 1 aliphatic rings. The van der Waals surface area contributed by atoms with Gasteiger partial charge < -0.3 is 20.6 Å². The van der Waals surface area contributed by atoms with Crippen LogP contribution in [-0.2, 0) is 14.4 Å². The topological polar surface area (TPSA) is 98.7 Å². The van der Waals surface area contributed by atoms with E-state index in [1.165, 1.54) is 0 Å². The summed E-state index contributed by atoms with van der Waals surface area (Å²) in [6, 6.07) is 0. The van der Waals surface area contributed by atoms with E-state index in [1.54, 1.807) is 4.90 Å². The van der Waals surface area contributed by atoms with Crippen LogP contribution in [0.2, 0.25) is 0 Å². The van der Waals surface area contributed by atoms with E-state index in [0.29, 0.717) is 38.9 Å². The van der Waals surface area contributed by atoms with Crippen molar-refractivity contribution in [3.63, 3.8) is 0 Å². The summed E-state index contributed by atoms with van der Waals surface area (Å²) in [7, 11) is 0. The van der Waals surface area contributed by atoms with Crippen molar-refractivity contribution in [2.75, 3.05) is 32.8 Å². The molecule has 0 radical (unpaired) electrons. The third kappa shape index (κ3) is 7.08. The number of nitrogens with zero attached hydrogens (tertiary/aromatic N) is 1. The summed E-state index contributed by atoms with van der Waals surface area (Å²) in [5.74, 6) is -1.09. The Kier molecular flexibility index (Phi) is 8.42. The number of likely N-dealkylation sites (tertiary alicyclic amines) is 1. The lowest BCUT2D eigenvalue weighted by Crippen LogP contribution is -2.41. The quantitative estimate of drug-likeness (QED) is 0.391. The predicted octanol–water partition coefficient (Wildman–Crippen LogP) is -0.606. The highest BCUT2D eigenvalue weighted by atomic mass is 16.3. The molecular weight excluding hydrogens is 274 g/mol. The van der Waals surface area contributed by atoms with Gasteiger partial charge in [-0.1, -0.05) is 0 Å². The van der Waals surface area contributed by atoms with Crippen LogP contribution in [-0.4, -0.2) is 60.5 Å². The Morgan fingerprint density at radius 1 is 1.05 bits per heavy atom. The monoisotopic (exact) mass is 299 g/mol. The van der Waals surface area contributed by atoms with Crippen LogP contribution in [0.5, 0.6) is 0 Å². The Labute approximate surface area is 125 Å². The maximum atomic E-state index is 11.5. The van der Waals surface area contributed by atoms with E-state index in [-0.39, 0.29) is 12.5 Å². The highest BCUT2D eigenvalue weighted by Gasteiger charge is 2.19. The van der Waals surface area contributed by atoms with Gasteiger partial charge >= 0.3 is 11.8 Å². The summed E-state index contributed by atoms with van der Waals surface area (Å²) in [5.41, 5.74) is 0. The molecule has 0 atom stereocenters. The van der Waals surface area contributed by atoms with Gasteiger partial charge in [0.1, 0.15) is 0 Å². The van der Waals surface area contributed by atoms with Crippen LogP contribution in [0.1, 0.15) is 38.5 Å². The molecule has 0 spiro atoms. The van der Waals surface area contributed by atoms with Gasteiger partial charge in [-0.25, -0.2) is 0 Å². The van der Waals surface area contributed by atoms with E-state index in [4.69, 9.17) is 5.11 Å². The standard InChI is InChI=1S/C14H25N3O4/c18-11-3-1-2-7-15-13(20)14(21)16-8-5-10-17-9-4-6-12(17)19/h18H,1-11H2,(H,15,20)(H,16,21). The fraction of sp³-hybridized carbons (Fsp3) is 0.786. The average Bonchev–Trinajstić information content (AvgIpc) is 2.88. The fourth-order valence-corrected chi connectivity index (χ4v) is 2.19. The number of hydrogen-bond acceptors (Lipinski definition) is 4. The predicted molar refractivity (Wildman–Crippen MR) is 77.4 cm³/mol. The molecule has 0 aromatic rings. The van der Waals surface area contributed by atoms with Crippen LogP contribution in [0.4, 0.5) is 0 Å². The SMILES string of the molecule is O=C(NCCCCCO)C(=O)NCCCN1CCCC1=O. The van der Waals surface area contributed by atoms with E-state index in [0.717, 1.165) is 25.8 Å². The van der Waals surface area contributed by atoms with Crippen LogP contribution in [0.3, 0.4) is 0 Å². The third-order valence-corrected chi connectivity index (χ3v) is 3.39. The normalized spacial score (nSPS) is 14.3. The lowest BCUT2D eigenvalue weighted by Gasteiger charge is -2.15. The maximum absolute atomic E-state index is 11.5. The molecule has 0 aromatic heterocycles. The van der Waals surface area contributed by atoms with E-state index >= 15 is 0 Å². The van der Waals surface area contributed by atoms with Gasteiger partial charge in [0, 0.05) is 39.2 Å². The number of nitrogens with one attached hydrogen (secondary N) is 2. The van der Waals surface area contributed by atoms with Crippen molar-refractivity contribution in [1.82, 2.24) is 15.5 Å². The summed E-state index contributed by atoms with van der Waals surface area (Å²) in [4.78, 5) is 36.1. The van der Waals surface area contributed by atoms with Gasteiger partial charge in [-0.15, -0.1) is 0 Å². The molecule has 0 aromatic carbocycles. The smallest absolute Gasteiger partial charge is 0.309 e. The van der Waals surface area contributed by atoms with Crippen LogP contribution < -0.4 is 10.6 Å². The highest BCUT2D eigenvalue weighted by Crippen LogP contribution is 2.09. The second-order valence-corrected chi connectivity index (χ2v) is 5.13. The zero-order valence-electron chi connectivity index (χ0n) is 12.4. The first kappa shape index (κ1) is 17.4. The van der Waals surface area contributed by atoms with E-state index in [1.807, 2.05) is 0 Å². The van der Waals surface area contributed by atoms with Crippen LogP contribution >= 0.6 is 0 Å². The first-order chi connectivity index (χ1) is 10.1. The molecule has 7 heteroatoms. The van der Waals surface area contributed by atoms with Crippen molar-refractivity contribution in [1.29, 1.82) is 0 Å². The van der Waals surface area contributed by atoms with E-state index in [9.17, 15) is 14.4 Å².